The van der Waals surface area contributed by atoms with Crippen molar-refractivity contribution in [1.29, 1.82) is 0 Å². The van der Waals surface area contributed by atoms with Crippen LogP contribution in [0.5, 0.6) is 5.75 Å². The average Bonchev–Trinajstić information content (AvgIpc) is 2.32. The molecule has 0 aliphatic heterocycles. The number of anilines is 2. The van der Waals surface area contributed by atoms with Gasteiger partial charge in [-0.3, -0.25) is 0 Å². The van der Waals surface area contributed by atoms with Crippen molar-refractivity contribution in [2.75, 3.05) is 11.5 Å². The Kier molecular flexibility index (Phi) is 3.68. The van der Waals surface area contributed by atoms with Crippen LogP contribution in [0.25, 0.3) is 0 Å². The molecule has 4 N–H and O–H groups in total. The van der Waals surface area contributed by atoms with E-state index in [4.69, 9.17) is 15.7 Å². The Morgan fingerprint density at radius 2 is 1.74 bits per heavy atom. The molecule has 0 heterocycles. The molecule has 0 radical (unpaired) electrons. The molecule has 2 aromatic carbocycles. The number of hydrogen-bond donors (Lipinski definition) is 2. The molecule has 0 fully saturated rings. The molecule has 7 heteroatoms. The maximum Gasteiger partial charge on any atom is 0.339 e. The van der Waals surface area contributed by atoms with Crippen molar-refractivity contribution in [2.24, 2.45) is 0 Å². The highest BCUT2D eigenvalue weighted by Crippen LogP contribution is 2.24. The van der Waals surface area contributed by atoms with E-state index in [2.05, 4.69) is 15.9 Å². The number of rotatable bonds is 3. The van der Waals surface area contributed by atoms with Gasteiger partial charge in [0.2, 0.25) is 0 Å². The minimum Gasteiger partial charge on any atom is -0.397 e. The molecule has 0 saturated carbocycles. The molecule has 0 atom stereocenters. The topological polar surface area (TPSA) is 95.4 Å². The lowest BCUT2D eigenvalue weighted by Crippen LogP contribution is -2.10. The first kappa shape index (κ1) is 13.7. The maximum absolute atomic E-state index is 12.0. The second-order valence-corrected chi connectivity index (χ2v) is 6.25. The van der Waals surface area contributed by atoms with E-state index in [1.165, 1.54) is 18.2 Å². The van der Waals surface area contributed by atoms with Gasteiger partial charge in [0.1, 0.15) is 10.6 Å². The fraction of sp³-hybridized carbons (Fsp3) is 0. The summed E-state index contributed by atoms with van der Waals surface area (Å²) in [5.41, 5.74) is 11.6. The van der Waals surface area contributed by atoms with Gasteiger partial charge in [0, 0.05) is 4.47 Å². The quantitative estimate of drug-likeness (QED) is 0.659. The maximum atomic E-state index is 12.0. The number of nitrogens with two attached hydrogens (primary N) is 2. The van der Waals surface area contributed by atoms with Gasteiger partial charge in [0.05, 0.1) is 11.4 Å². The van der Waals surface area contributed by atoms with Gasteiger partial charge in [0.15, 0.2) is 0 Å². The largest absolute Gasteiger partial charge is 0.397 e. The highest BCUT2D eigenvalue weighted by molar-refractivity contribution is 9.10. The lowest BCUT2D eigenvalue weighted by atomic mass is 10.3. The lowest BCUT2D eigenvalue weighted by molar-refractivity contribution is 0.486. The molecule has 0 amide bonds. The van der Waals surface area contributed by atoms with Crippen molar-refractivity contribution in [2.45, 2.75) is 4.90 Å². The molecular formula is C12H11BrN2O3S. The molecular weight excluding hydrogens is 332 g/mol. The third-order valence-electron chi connectivity index (χ3n) is 2.35. The van der Waals surface area contributed by atoms with E-state index in [0.717, 1.165) is 4.47 Å². The summed E-state index contributed by atoms with van der Waals surface area (Å²) >= 11 is 3.24. The minimum absolute atomic E-state index is 0.0424. The molecule has 100 valence electrons. The van der Waals surface area contributed by atoms with Crippen LogP contribution in [0.3, 0.4) is 0 Å². The van der Waals surface area contributed by atoms with Crippen LogP contribution in [0, 0.1) is 0 Å². The third kappa shape index (κ3) is 3.18. The van der Waals surface area contributed by atoms with Crippen molar-refractivity contribution in [3.8, 4) is 5.75 Å². The predicted molar refractivity (Wildman–Crippen MR) is 77.2 cm³/mol. The fourth-order valence-corrected chi connectivity index (χ4v) is 2.74. The zero-order valence-corrected chi connectivity index (χ0v) is 12.1. The van der Waals surface area contributed by atoms with Crippen molar-refractivity contribution >= 4 is 37.4 Å². The van der Waals surface area contributed by atoms with Crippen LogP contribution in [0.1, 0.15) is 0 Å². The molecule has 5 nitrogen and oxygen atoms in total. The Morgan fingerprint density at radius 1 is 1.00 bits per heavy atom. The highest BCUT2D eigenvalue weighted by atomic mass is 79.9. The summed E-state index contributed by atoms with van der Waals surface area (Å²) < 4.78 is 29.8. The van der Waals surface area contributed by atoms with Crippen molar-refractivity contribution < 1.29 is 12.6 Å². The van der Waals surface area contributed by atoms with Gasteiger partial charge < -0.3 is 15.7 Å². The van der Waals surface area contributed by atoms with Crippen LogP contribution in [0.2, 0.25) is 0 Å². The molecule has 0 aliphatic carbocycles. The summed E-state index contributed by atoms with van der Waals surface area (Å²) in [7, 11) is -3.93. The second-order valence-electron chi connectivity index (χ2n) is 3.79. The van der Waals surface area contributed by atoms with Crippen LogP contribution in [-0.2, 0) is 10.1 Å². The second kappa shape index (κ2) is 5.10. The van der Waals surface area contributed by atoms with E-state index >= 15 is 0 Å². The van der Waals surface area contributed by atoms with Crippen LogP contribution < -0.4 is 15.7 Å². The Morgan fingerprint density at radius 3 is 2.37 bits per heavy atom. The van der Waals surface area contributed by atoms with Gasteiger partial charge in [-0.1, -0.05) is 22.0 Å². The SMILES string of the molecule is Nc1ccc(S(=O)(=O)Oc2cccc(Br)c2)cc1N. The van der Waals surface area contributed by atoms with Gasteiger partial charge in [0.25, 0.3) is 0 Å². The van der Waals surface area contributed by atoms with Crippen molar-refractivity contribution in [3.63, 3.8) is 0 Å². The van der Waals surface area contributed by atoms with Crippen molar-refractivity contribution in [3.05, 3.63) is 46.9 Å². The van der Waals surface area contributed by atoms with E-state index in [-0.39, 0.29) is 16.3 Å². The highest BCUT2D eigenvalue weighted by Gasteiger charge is 2.17. The van der Waals surface area contributed by atoms with Crippen LogP contribution >= 0.6 is 15.9 Å². The summed E-state index contributed by atoms with van der Waals surface area (Å²) in [6.07, 6.45) is 0. The molecule has 0 spiro atoms. The Labute approximate surface area is 119 Å². The van der Waals surface area contributed by atoms with Crippen LogP contribution in [0.15, 0.2) is 51.8 Å². The van der Waals surface area contributed by atoms with E-state index in [0.29, 0.717) is 5.69 Å². The summed E-state index contributed by atoms with van der Waals surface area (Å²) in [5.74, 6) is 0.213. The molecule has 0 saturated heterocycles. The van der Waals surface area contributed by atoms with Crippen LogP contribution in [-0.4, -0.2) is 8.42 Å². The Hall–Kier alpha value is -1.73. The predicted octanol–water partition coefficient (Wildman–Crippen LogP) is 2.38. The molecule has 19 heavy (non-hydrogen) atoms. The third-order valence-corrected chi connectivity index (χ3v) is 4.09. The smallest absolute Gasteiger partial charge is 0.339 e. The number of nitrogen functional groups attached to an aromatic ring is 2. The zero-order valence-electron chi connectivity index (χ0n) is 9.71. The number of benzene rings is 2. The summed E-state index contributed by atoms with van der Waals surface area (Å²) in [6, 6.07) is 10.6. The van der Waals surface area contributed by atoms with Gasteiger partial charge in [-0.25, -0.2) is 0 Å². The lowest BCUT2D eigenvalue weighted by Gasteiger charge is -2.08. The number of hydrogen-bond acceptors (Lipinski definition) is 5. The fourth-order valence-electron chi connectivity index (χ4n) is 1.40. The summed E-state index contributed by atoms with van der Waals surface area (Å²) in [5, 5.41) is 0. The first-order valence-electron chi connectivity index (χ1n) is 5.23. The van der Waals surface area contributed by atoms with Gasteiger partial charge in [-0.05, 0) is 36.4 Å². The van der Waals surface area contributed by atoms with E-state index in [9.17, 15) is 8.42 Å². The van der Waals surface area contributed by atoms with Crippen LogP contribution in [0.4, 0.5) is 11.4 Å². The first-order valence-corrected chi connectivity index (χ1v) is 7.44. The molecule has 2 aromatic rings. The normalized spacial score (nSPS) is 11.2. The summed E-state index contributed by atoms with van der Waals surface area (Å²) in [6.45, 7) is 0. The minimum atomic E-state index is -3.93. The molecule has 0 unspecified atom stereocenters. The summed E-state index contributed by atoms with van der Waals surface area (Å²) in [4.78, 5) is -0.0424. The molecule has 0 aromatic heterocycles. The first-order chi connectivity index (χ1) is 8.88. The monoisotopic (exact) mass is 342 g/mol. The standard InChI is InChI=1S/C12H11BrN2O3S/c13-8-2-1-3-9(6-8)18-19(16,17)10-4-5-11(14)12(15)7-10/h1-7H,14-15H2. The van der Waals surface area contributed by atoms with E-state index in [1.54, 1.807) is 24.3 Å². The molecule has 2 rings (SSSR count). The number of halogens is 1. The van der Waals surface area contributed by atoms with E-state index in [1.807, 2.05) is 0 Å². The van der Waals surface area contributed by atoms with Crippen molar-refractivity contribution in [1.82, 2.24) is 0 Å². The average molecular weight is 343 g/mol. The Bertz CT molecular complexity index is 717. The van der Waals surface area contributed by atoms with E-state index < -0.39 is 10.1 Å². The molecule has 0 aliphatic rings. The molecule has 0 bridgehead atoms. The van der Waals surface area contributed by atoms with Gasteiger partial charge in [-0.15, -0.1) is 0 Å². The van der Waals surface area contributed by atoms with Gasteiger partial charge >= 0.3 is 10.1 Å². The Balaban J connectivity index is 2.35. The zero-order chi connectivity index (χ0) is 14.0. The van der Waals surface area contributed by atoms with Gasteiger partial charge in [-0.2, -0.15) is 8.42 Å².